The van der Waals surface area contributed by atoms with Crippen LogP contribution in [0.4, 0.5) is 0 Å². The summed E-state index contributed by atoms with van der Waals surface area (Å²) in [6, 6.07) is 14.0. The maximum atomic E-state index is 12.5. The molecule has 1 aliphatic heterocycles. The maximum absolute atomic E-state index is 12.5. The Morgan fingerprint density at radius 1 is 1.16 bits per heavy atom. The molecule has 2 heterocycles. The first-order chi connectivity index (χ1) is 14.9. The van der Waals surface area contributed by atoms with Gasteiger partial charge < -0.3 is 14.4 Å². The number of ether oxygens (including phenoxy) is 2. The standard InChI is InChI=1S/C22H24N2O5S2/c1-28-17-7-8-19-20(15-17)30-22(23-19)29-16-9-12-24(13-10-16)21(25)11-14-31(26,27)18-5-3-2-4-6-18/h2-8,15-16H,9-14H2,1H3. The van der Waals surface area contributed by atoms with E-state index in [-0.39, 0.29) is 29.1 Å². The predicted octanol–water partition coefficient (Wildman–Crippen LogP) is 3.54. The van der Waals surface area contributed by atoms with Gasteiger partial charge in [0.1, 0.15) is 11.9 Å². The number of aromatic nitrogens is 1. The molecule has 0 radical (unpaired) electrons. The van der Waals surface area contributed by atoms with Gasteiger partial charge >= 0.3 is 0 Å². The summed E-state index contributed by atoms with van der Waals surface area (Å²) in [6.45, 7) is 1.10. The lowest BCUT2D eigenvalue weighted by atomic mass is 10.1. The number of hydrogen-bond acceptors (Lipinski definition) is 7. The molecule has 1 aliphatic rings. The fraction of sp³-hybridized carbons (Fsp3) is 0.364. The van der Waals surface area contributed by atoms with Crippen LogP contribution < -0.4 is 9.47 Å². The first-order valence-electron chi connectivity index (χ1n) is 10.1. The molecule has 0 N–H and O–H groups in total. The number of sulfone groups is 1. The molecule has 0 aliphatic carbocycles. The highest BCUT2D eigenvalue weighted by Crippen LogP contribution is 2.32. The second-order valence-corrected chi connectivity index (χ2v) is 10.5. The summed E-state index contributed by atoms with van der Waals surface area (Å²) >= 11 is 1.48. The van der Waals surface area contributed by atoms with Crippen molar-refractivity contribution in [3.05, 3.63) is 48.5 Å². The molecule has 1 fully saturated rings. The van der Waals surface area contributed by atoms with Crippen molar-refractivity contribution in [3.8, 4) is 10.9 Å². The molecule has 31 heavy (non-hydrogen) atoms. The zero-order valence-electron chi connectivity index (χ0n) is 17.2. The zero-order valence-corrected chi connectivity index (χ0v) is 18.8. The van der Waals surface area contributed by atoms with Gasteiger partial charge in [-0.05, 0) is 30.3 Å². The monoisotopic (exact) mass is 460 g/mol. The zero-order chi connectivity index (χ0) is 21.8. The summed E-state index contributed by atoms with van der Waals surface area (Å²) in [5.41, 5.74) is 0.869. The summed E-state index contributed by atoms with van der Waals surface area (Å²) in [7, 11) is -1.82. The maximum Gasteiger partial charge on any atom is 0.274 e. The second kappa shape index (κ2) is 9.23. The summed E-state index contributed by atoms with van der Waals surface area (Å²) in [5, 5.41) is 0.613. The lowest BCUT2D eigenvalue weighted by Gasteiger charge is -2.31. The van der Waals surface area contributed by atoms with E-state index in [0.29, 0.717) is 31.1 Å². The molecular weight excluding hydrogens is 436 g/mol. The number of fused-ring (bicyclic) bond motifs is 1. The molecule has 0 bridgehead atoms. The summed E-state index contributed by atoms with van der Waals surface area (Å²) in [4.78, 5) is 19.0. The Labute approximate surface area is 185 Å². The predicted molar refractivity (Wildman–Crippen MR) is 120 cm³/mol. The number of carbonyl (C=O) groups is 1. The van der Waals surface area contributed by atoms with Crippen LogP contribution in [0.3, 0.4) is 0 Å². The van der Waals surface area contributed by atoms with Crippen molar-refractivity contribution in [2.75, 3.05) is 26.0 Å². The molecule has 0 spiro atoms. The summed E-state index contributed by atoms with van der Waals surface area (Å²) in [6.07, 6.45) is 1.36. The highest BCUT2D eigenvalue weighted by atomic mass is 32.2. The number of nitrogens with zero attached hydrogens (tertiary/aromatic N) is 2. The van der Waals surface area contributed by atoms with Crippen LogP contribution >= 0.6 is 11.3 Å². The van der Waals surface area contributed by atoms with Crippen LogP contribution in [0.5, 0.6) is 10.9 Å². The number of benzene rings is 2. The quantitative estimate of drug-likeness (QED) is 0.536. The van der Waals surface area contributed by atoms with Crippen LogP contribution in [-0.2, 0) is 14.6 Å². The number of methoxy groups -OCH3 is 1. The molecule has 3 aromatic rings. The van der Waals surface area contributed by atoms with Crippen LogP contribution in [-0.4, -0.2) is 56.3 Å². The first kappa shape index (κ1) is 21.6. The normalized spacial score (nSPS) is 15.2. The Balaban J connectivity index is 1.28. The van der Waals surface area contributed by atoms with Crippen molar-refractivity contribution >= 4 is 37.3 Å². The third-order valence-corrected chi connectivity index (χ3v) is 7.97. The van der Waals surface area contributed by atoms with Crippen LogP contribution in [0.2, 0.25) is 0 Å². The van der Waals surface area contributed by atoms with E-state index in [9.17, 15) is 13.2 Å². The number of amides is 1. The van der Waals surface area contributed by atoms with E-state index in [0.717, 1.165) is 16.0 Å². The Bertz CT molecular complexity index is 1150. The summed E-state index contributed by atoms with van der Waals surface area (Å²) in [5.74, 6) is 0.468. The van der Waals surface area contributed by atoms with Crippen LogP contribution in [0.25, 0.3) is 10.2 Å². The number of rotatable bonds is 7. The van der Waals surface area contributed by atoms with Crippen LogP contribution in [0.1, 0.15) is 19.3 Å². The Hall–Kier alpha value is -2.65. The van der Waals surface area contributed by atoms with Crippen molar-refractivity contribution in [3.63, 3.8) is 0 Å². The highest BCUT2D eigenvalue weighted by Gasteiger charge is 2.26. The molecule has 1 aromatic heterocycles. The average Bonchev–Trinajstić information content (AvgIpc) is 3.20. The fourth-order valence-corrected chi connectivity index (χ4v) is 5.71. The van der Waals surface area contributed by atoms with E-state index >= 15 is 0 Å². The molecule has 9 heteroatoms. The lowest BCUT2D eigenvalue weighted by molar-refractivity contribution is -0.132. The van der Waals surface area contributed by atoms with Gasteiger partial charge in [-0.2, -0.15) is 0 Å². The van der Waals surface area contributed by atoms with Crippen molar-refractivity contribution < 1.29 is 22.7 Å². The molecule has 1 amide bonds. The third kappa shape index (κ3) is 5.16. The number of piperidine rings is 1. The third-order valence-electron chi connectivity index (χ3n) is 5.33. The largest absolute Gasteiger partial charge is 0.497 e. The van der Waals surface area contributed by atoms with Crippen LogP contribution in [0.15, 0.2) is 53.4 Å². The smallest absolute Gasteiger partial charge is 0.274 e. The molecule has 1 saturated heterocycles. The molecule has 0 unspecified atom stereocenters. The Kier molecular flexibility index (Phi) is 6.43. The van der Waals surface area contributed by atoms with Gasteiger partial charge in [0.25, 0.3) is 5.19 Å². The molecule has 2 aromatic carbocycles. The van der Waals surface area contributed by atoms with E-state index in [1.54, 1.807) is 42.3 Å². The molecule has 0 atom stereocenters. The number of likely N-dealkylation sites (tertiary alicyclic amines) is 1. The minimum atomic E-state index is -3.45. The topological polar surface area (TPSA) is 85.8 Å². The van der Waals surface area contributed by atoms with Crippen molar-refractivity contribution in [1.82, 2.24) is 9.88 Å². The van der Waals surface area contributed by atoms with E-state index < -0.39 is 9.84 Å². The van der Waals surface area contributed by atoms with E-state index in [1.165, 1.54) is 11.3 Å². The van der Waals surface area contributed by atoms with Gasteiger partial charge in [0.15, 0.2) is 9.84 Å². The molecule has 4 rings (SSSR count). The molecule has 164 valence electrons. The van der Waals surface area contributed by atoms with E-state index in [1.807, 2.05) is 18.2 Å². The van der Waals surface area contributed by atoms with Crippen molar-refractivity contribution in [2.24, 2.45) is 0 Å². The minimum Gasteiger partial charge on any atom is -0.497 e. The van der Waals surface area contributed by atoms with Gasteiger partial charge in [0, 0.05) is 32.4 Å². The second-order valence-electron chi connectivity index (χ2n) is 7.39. The number of thiazole rings is 1. The van der Waals surface area contributed by atoms with Gasteiger partial charge in [-0.15, -0.1) is 0 Å². The molecule has 0 saturated carbocycles. The molecule has 7 nitrogen and oxygen atoms in total. The van der Waals surface area contributed by atoms with Crippen molar-refractivity contribution in [1.29, 1.82) is 0 Å². The number of hydrogen-bond donors (Lipinski definition) is 0. The first-order valence-corrected chi connectivity index (χ1v) is 12.6. The van der Waals surface area contributed by atoms with Gasteiger partial charge in [0.2, 0.25) is 5.91 Å². The Morgan fingerprint density at radius 3 is 2.61 bits per heavy atom. The summed E-state index contributed by atoms with van der Waals surface area (Å²) < 4.78 is 37.1. The Morgan fingerprint density at radius 2 is 1.90 bits per heavy atom. The average molecular weight is 461 g/mol. The van der Waals surface area contributed by atoms with E-state index in [2.05, 4.69) is 4.98 Å². The van der Waals surface area contributed by atoms with Gasteiger partial charge in [-0.25, -0.2) is 13.4 Å². The minimum absolute atomic E-state index is 0.0115. The van der Waals surface area contributed by atoms with Crippen LogP contribution in [0, 0.1) is 0 Å². The highest BCUT2D eigenvalue weighted by molar-refractivity contribution is 7.91. The van der Waals surface area contributed by atoms with Crippen molar-refractivity contribution in [2.45, 2.75) is 30.3 Å². The number of carbonyl (C=O) groups excluding carboxylic acids is 1. The van der Waals surface area contributed by atoms with Gasteiger partial charge in [-0.3, -0.25) is 4.79 Å². The fourth-order valence-electron chi connectivity index (χ4n) is 3.55. The molecular formula is C22H24N2O5S2. The lowest BCUT2D eigenvalue weighted by Crippen LogP contribution is -2.42. The van der Waals surface area contributed by atoms with E-state index in [4.69, 9.17) is 9.47 Å². The SMILES string of the molecule is COc1ccc2nc(OC3CCN(C(=O)CCS(=O)(=O)c4ccccc4)CC3)sc2c1. The van der Waals surface area contributed by atoms with Gasteiger partial charge in [0.05, 0.1) is 28.0 Å². The van der Waals surface area contributed by atoms with Gasteiger partial charge in [-0.1, -0.05) is 29.5 Å².